The highest BCUT2D eigenvalue weighted by Crippen LogP contribution is 2.46. The molecule has 4 aromatic rings. The van der Waals surface area contributed by atoms with Crippen LogP contribution in [0.1, 0.15) is 29.7 Å². The van der Waals surface area contributed by atoms with Crippen molar-refractivity contribution < 1.29 is 24.2 Å². The van der Waals surface area contributed by atoms with Gasteiger partial charge in [0.1, 0.15) is 5.76 Å². The quantitative estimate of drug-likeness (QED) is 0.0616. The van der Waals surface area contributed by atoms with Crippen molar-refractivity contribution in [3.05, 3.63) is 97.4 Å². The van der Waals surface area contributed by atoms with E-state index in [0.717, 1.165) is 21.4 Å². The summed E-state index contributed by atoms with van der Waals surface area (Å²) < 4.78 is 12.6. The lowest BCUT2D eigenvalue weighted by Crippen LogP contribution is -2.29. The maximum Gasteiger partial charge on any atom is 0.301 e. The number of rotatable bonds is 9. The zero-order valence-corrected chi connectivity index (χ0v) is 26.9. The van der Waals surface area contributed by atoms with Gasteiger partial charge in [-0.1, -0.05) is 86.5 Å². The molecule has 1 aromatic heterocycles. The second-order valence-corrected chi connectivity index (χ2v) is 12.8. The summed E-state index contributed by atoms with van der Waals surface area (Å²) in [7, 11) is 1.50. The molecule has 3 aromatic carbocycles. The van der Waals surface area contributed by atoms with Gasteiger partial charge in [0.05, 0.1) is 25.3 Å². The van der Waals surface area contributed by atoms with Gasteiger partial charge < -0.3 is 14.6 Å². The van der Waals surface area contributed by atoms with E-state index in [1.54, 1.807) is 54.6 Å². The van der Waals surface area contributed by atoms with E-state index in [0.29, 0.717) is 49.4 Å². The van der Waals surface area contributed by atoms with E-state index < -0.39 is 17.7 Å². The molecule has 0 aliphatic carbocycles. The van der Waals surface area contributed by atoms with Gasteiger partial charge in [-0.2, -0.15) is 0 Å². The van der Waals surface area contributed by atoms with Crippen molar-refractivity contribution in [3.63, 3.8) is 0 Å². The van der Waals surface area contributed by atoms with Crippen molar-refractivity contribution in [3.8, 4) is 11.5 Å². The Kier molecular flexibility index (Phi) is 9.44. The Morgan fingerprint density at radius 1 is 1.07 bits per heavy atom. The van der Waals surface area contributed by atoms with Crippen molar-refractivity contribution in [1.82, 2.24) is 10.2 Å². The van der Waals surface area contributed by atoms with Crippen LogP contribution in [-0.2, 0) is 15.3 Å². The Bertz CT molecular complexity index is 1700. The molecule has 1 saturated heterocycles. The van der Waals surface area contributed by atoms with E-state index in [1.165, 1.54) is 23.8 Å². The van der Waals surface area contributed by atoms with Gasteiger partial charge in [0.15, 0.2) is 15.8 Å². The molecule has 0 bridgehead atoms. The molecule has 1 unspecified atom stereocenters. The average molecular weight is 707 g/mol. The van der Waals surface area contributed by atoms with E-state index in [4.69, 9.17) is 32.7 Å². The standard InChI is InChI=1S/C29H22BrCl2N3O5S2/c1-3-40-21-11-7-16(12-22(21)39-2)24-23(25(36)15-4-8-18(30)9-5-15)26(37)27(38)35(24)28-33-34-29(42-28)41-14-17-6-10-19(31)13-20(17)32/h4-13,24,36H,3,14H2,1-2H3/b25-23-. The molecule has 1 aliphatic rings. The number of ketones is 1. The molecular weight excluding hydrogens is 685 g/mol. The molecule has 0 radical (unpaired) electrons. The predicted molar refractivity (Wildman–Crippen MR) is 169 cm³/mol. The smallest absolute Gasteiger partial charge is 0.301 e. The number of halogens is 3. The number of aromatic nitrogens is 2. The number of thioether (sulfide) groups is 1. The molecule has 1 N–H and O–H groups in total. The lowest BCUT2D eigenvalue weighted by Gasteiger charge is -2.23. The van der Waals surface area contributed by atoms with Crippen molar-refractivity contribution in [2.75, 3.05) is 18.6 Å². The van der Waals surface area contributed by atoms with Gasteiger partial charge >= 0.3 is 5.91 Å². The van der Waals surface area contributed by atoms with Crippen LogP contribution < -0.4 is 14.4 Å². The fourth-order valence-corrected chi connectivity index (χ4v) is 7.06. The maximum absolute atomic E-state index is 13.5. The first-order valence-corrected chi connectivity index (χ1v) is 15.8. The topological polar surface area (TPSA) is 102 Å². The van der Waals surface area contributed by atoms with E-state index in [2.05, 4.69) is 26.1 Å². The molecular formula is C29H22BrCl2N3O5S2. The van der Waals surface area contributed by atoms with E-state index in [-0.39, 0.29) is 16.5 Å². The minimum absolute atomic E-state index is 0.0779. The second-order valence-electron chi connectivity index (χ2n) is 8.89. The van der Waals surface area contributed by atoms with Crippen LogP contribution in [-0.4, -0.2) is 40.7 Å². The third-order valence-electron chi connectivity index (χ3n) is 6.33. The average Bonchev–Trinajstić information content (AvgIpc) is 3.54. The fourth-order valence-electron chi connectivity index (χ4n) is 4.37. The SMILES string of the molecule is CCOc1ccc(C2/C(=C(/O)c3ccc(Br)cc3)C(=O)C(=O)N2c2nnc(SCc3ccc(Cl)cc3Cl)s2)cc1OC. The highest BCUT2D eigenvalue weighted by Gasteiger charge is 2.48. The van der Waals surface area contributed by atoms with Gasteiger partial charge in [-0.3, -0.25) is 14.5 Å². The van der Waals surface area contributed by atoms with Crippen molar-refractivity contribution in [2.24, 2.45) is 0 Å². The third kappa shape index (κ3) is 6.16. The number of ether oxygens (including phenoxy) is 2. The molecule has 8 nitrogen and oxygen atoms in total. The minimum Gasteiger partial charge on any atom is -0.507 e. The van der Waals surface area contributed by atoms with Gasteiger partial charge in [-0.25, -0.2) is 0 Å². The Morgan fingerprint density at radius 3 is 2.52 bits per heavy atom. The van der Waals surface area contributed by atoms with Gasteiger partial charge in [0.2, 0.25) is 5.13 Å². The van der Waals surface area contributed by atoms with Gasteiger partial charge in [-0.15, -0.1) is 10.2 Å². The molecule has 5 rings (SSSR count). The molecule has 42 heavy (non-hydrogen) atoms. The highest BCUT2D eigenvalue weighted by molar-refractivity contribution is 9.10. The maximum atomic E-state index is 13.5. The number of Topliss-reactive ketones (excluding diaryl/α,β-unsaturated/α-hetero) is 1. The summed E-state index contributed by atoms with van der Waals surface area (Å²) in [4.78, 5) is 28.3. The van der Waals surface area contributed by atoms with Crippen molar-refractivity contribution in [1.29, 1.82) is 0 Å². The van der Waals surface area contributed by atoms with Gasteiger partial charge in [0.25, 0.3) is 5.78 Å². The van der Waals surface area contributed by atoms with E-state index in [1.807, 2.05) is 13.0 Å². The summed E-state index contributed by atoms with van der Waals surface area (Å²) >= 11 is 18.2. The molecule has 0 spiro atoms. The number of hydrogen-bond donors (Lipinski definition) is 1. The summed E-state index contributed by atoms with van der Waals surface area (Å²) in [6.07, 6.45) is 0. The van der Waals surface area contributed by atoms with Crippen LogP contribution in [0.5, 0.6) is 11.5 Å². The number of carbonyl (C=O) groups excluding carboxylic acids is 2. The first kappa shape index (κ1) is 30.4. The molecule has 0 saturated carbocycles. The normalized spacial score (nSPS) is 16.2. The minimum atomic E-state index is -1.00. The number of hydrogen-bond acceptors (Lipinski definition) is 9. The van der Waals surface area contributed by atoms with Crippen LogP contribution in [0.25, 0.3) is 5.76 Å². The van der Waals surface area contributed by atoms with Crippen LogP contribution >= 0.6 is 62.2 Å². The Labute approximate surface area is 268 Å². The first-order valence-electron chi connectivity index (χ1n) is 12.5. The largest absolute Gasteiger partial charge is 0.507 e. The first-order chi connectivity index (χ1) is 20.2. The molecule has 1 aliphatic heterocycles. The number of nitrogens with zero attached hydrogens (tertiary/aromatic N) is 3. The predicted octanol–water partition coefficient (Wildman–Crippen LogP) is 7.93. The van der Waals surface area contributed by atoms with Crippen LogP contribution in [0, 0.1) is 0 Å². The Balaban J connectivity index is 1.57. The summed E-state index contributed by atoms with van der Waals surface area (Å²) in [5.74, 6) is -0.573. The monoisotopic (exact) mass is 705 g/mol. The number of aliphatic hydroxyl groups is 1. The number of methoxy groups -OCH3 is 1. The zero-order chi connectivity index (χ0) is 30.0. The lowest BCUT2D eigenvalue weighted by atomic mass is 9.95. The molecule has 13 heteroatoms. The Hall–Kier alpha value is -3.09. The number of amides is 1. The molecule has 2 heterocycles. The number of anilines is 1. The van der Waals surface area contributed by atoms with Crippen LogP contribution in [0.2, 0.25) is 10.0 Å². The van der Waals surface area contributed by atoms with E-state index in [9.17, 15) is 14.7 Å². The third-order valence-corrected chi connectivity index (χ3v) is 9.55. The number of benzene rings is 3. The molecule has 1 amide bonds. The lowest BCUT2D eigenvalue weighted by molar-refractivity contribution is -0.132. The molecule has 1 fully saturated rings. The van der Waals surface area contributed by atoms with E-state index >= 15 is 0 Å². The van der Waals surface area contributed by atoms with Gasteiger partial charge in [0, 0.05) is 25.8 Å². The summed E-state index contributed by atoms with van der Waals surface area (Å²) in [6, 6.07) is 16.2. The second kappa shape index (κ2) is 13.0. The van der Waals surface area contributed by atoms with Gasteiger partial charge in [-0.05, 0) is 54.4 Å². The number of aliphatic hydroxyl groups excluding tert-OH is 1. The zero-order valence-electron chi connectivity index (χ0n) is 22.1. The summed E-state index contributed by atoms with van der Waals surface area (Å²) in [6.45, 7) is 2.27. The fraction of sp³-hybridized carbons (Fsp3) is 0.172. The van der Waals surface area contributed by atoms with Crippen LogP contribution in [0.4, 0.5) is 5.13 Å². The van der Waals surface area contributed by atoms with Crippen LogP contribution in [0.15, 0.2) is 75.0 Å². The summed E-state index contributed by atoms with van der Waals surface area (Å²) in [5, 5.41) is 21.1. The molecule has 216 valence electrons. The highest BCUT2D eigenvalue weighted by atomic mass is 79.9. The summed E-state index contributed by atoms with van der Waals surface area (Å²) in [5.41, 5.74) is 1.68. The molecule has 1 atom stereocenters. The Morgan fingerprint density at radius 2 is 1.83 bits per heavy atom. The van der Waals surface area contributed by atoms with Crippen molar-refractivity contribution >= 4 is 84.8 Å². The number of carbonyl (C=O) groups is 2. The van der Waals surface area contributed by atoms with Crippen LogP contribution in [0.3, 0.4) is 0 Å². The van der Waals surface area contributed by atoms with Crippen molar-refractivity contribution in [2.45, 2.75) is 23.1 Å².